The minimum Gasteiger partial charge on any atom is -0.310 e. The second kappa shape index (κ2) is 3.81. The predicted octanol–water partition coefficient (Wildman–Crippen LogP) is 1.77. The molecule has 0 aliphatic heterocycles. The van der Waals surface area contributed by atoms with Crippen LogP contribution in [0, 0.1) is 12.8 Å². The first-order chi connectivity index (χ1) is 8.15. The van der Waals surface area contributed by atoms with E-state index in [0.717, 1.165) is 29.2 Å². The highest BCUT2D eigenvalue weighted by Gasteiger charge is 2.31. The molecule has 1 N–H and O–H groups in total. The molecule has 4 nitrogen and oxygen atoms in total. The molecule has 1 fully saturated rings. The predicted molar refractivity (Wildman–Crippen MR) is 67.7 cm³/mol. The van der Waals surface area contributed by atoms with Gasteiger partial charge in [-0.25, -0.2) is 4.98 Å². The van der Waals surface area contributed by atoms with Crippen LogP contribution in [0.2, 0.25) is 0 Å². The summed E-state index contributed by atoms with van der Waals surface area (Å²) in [7, 11) is 1.94. The number of hydrogen-bond donors (Lipinski definition) is 1. The Morgan fingerprint density at radius 1 is 1.53 bits per heavy atom. The average molecular weight is 230 g/mol. The zero-order chi connectivity index (χ0) is 12.0. The third kappa shape index (κ3) is 1.93. The first kappa shape index (κ1) is 10.7. The summed E-state index contributed by atoms with van der Waals surface area (Å²) in [5, 5.41) is 9.09. The standard InChI is InChI=1S/C13H18N4/c1-8-4-12(8)14-6-10-5-11-9(2)16-17(3)13(11)15-7-10/h5,7-8,12,14H,4,6H2,1-3H3. The fraction of sp³-hybridized carbons (Fsp3) is 0.538. The Balaban J connectivity index is 1.83. The SMILES string of the molecule is Cc1nn(C)c2ncc(CNC3CC3C)cc12. The summed E-state index contributed by atoms with van der Waals surface area (Å²) in [6.45, 7) is 5.22. The smallest absolute Gasteiger partial charge is 0.157 e. The minimum atomic E-state index is 0.709. The van der Waals surface area contributed by atoms with Crippen LogP contribution >= 0.6 is 0 Å². The molecule has 1 aliphatic carbocycles. The van der Waals surface area contributed by atoms with Gasteiger partial charge in [0.1, 0.15) is 0 Å². The van der Waals surface area contributed by atoms with E-state index < -0.39 is 0 Å². The van der Waals surface area contributed by atoms with E-state index in [-0.39, 0.29) is 0 Å². The largest absolute Gasteiger partial charge is 0.310 e. The zero-order valence-electron chi connectivity index (χ0n) is 10.6. The molecule has 2 heterocycles. The van der Waals surface area contributed by atoms with Crippen molar-refractivity contribution in [2.45, 2.75) is 32.9 Å². The fourth-order valence-electron chi connectivity index (χ4n) is 2.30. The van der Waals surface area contributed by atoms with Crippen molar-refractivity contribution in [3.63, 3.8) is 0 Å². The van der Waals surface area contributed by atoms with E-state index in [1.165, 1.54) is 12.0 Å². The molecule has 0 aromatic carbocycles. The molecule has 0 radical (unpaired) electrons. The van der Waals surface area contributed by atoms with Gasteiger partial charge >= 0.3 is 0 Å². The molecule has 1 aliphatic rings. The molecule has 3 rings (SSSR count). The summed E-state index contributed by atoms with van der Waals surface area (Å²) in [6.07, 6.45) is 3.26. The lowest BCUT2D eigenvalue weighted by atomic mass is 10.2. The average Bonchev–Trinajstić information content (AvgIpc) is 2.94. The lowest BCUT2D eigenvalue weighted by Crippen LogP contribution is -2.17. The van der Waals surface area contributed by atoms with Gasteiger partial charge < -0.3 is 5.32 Å². The molecule has 1 saturated carbocycles. The molecule has 17 heavy (non-hydrogen) atoms. The van der Waals surface area contributed by atoms with Crippen LogP contribution in [0.4, 0.5) is 0 Å². The Kier molecular flexibility index (Phi) is 2.40. The summed E-state index contributed by atoms with van der Waals surface area (Å²) in [4.78, 5) is 4.48. The van der Waals surface area contributed by atoms with E-state index in [1.807, 2.05) is 24.9 Å². The second-order valence-electron chi connectivity index (χ2n) is 5.12. The van der Waals surface area contributed by atoms with Gasteiger partial charge in [-0.05, 0) is 30.9 Å². The van der Waals surface area contributed by atoms with Crippen molar-refractivity contribution in [2.24, 2.45) is 13.0 Å². The lowest BCUT2D eigenvalue weighted by molar-refractivity contribution is 0.651. The molecular weight excluding hydrogens is 212 g/mol. The minimum absolute atomic E-state index is 0.709. The van der Waals surface area contributed by atoms with E-state index in [2.05, 4.69) is 28.4 Å². The zero-order valence-corrected chi connectivity index (χ0v) is 10.6. The van der Waals surface area contributed by atoms with Gasteiger partial charge in [0, 0.05) is 31.2 Å². The van der Waals surface area contributed by atoms with Crippen molar-refractivity contribution in [3.05, 3.63) is 23.5 Å². The molecule has 0 bridgehead atoms. The number of nitrogens with zero attached hydrogens (tertiary/aromatic N) is 3. The van der Waals surface area contributed by atoms with Crippen LogP contribution in [0.5, 0.6) is 0 Å². The summed E-state index contributed by atoms with van der Waals surface area (Å²) in [5.41, 5.74) is 3.26. The molecule has 2 aromatic rings. The number of aromatic nitrogens is 3. The highest BCUT2D eigenvalue weighted by Crippen LogP contribution is 2.29. The van der Waals surface area contributed by atoms with E-state index >= 15 is 0 Å². The van der Waals surface area contributed by atoms with Crippen LogP contribution < -0.4 is 5.32 Å². The Hall–Kier alpha value is -1.42. The molecule has 0 saturated heterocycles. The molecule has 4 heteroatoms. The molecule has 2 aromatic heterocycles. The van der Waals surface area contributed by atoms with Crippen LogP contribution in [-0.2, 0) is 13.6 Å². The molecule has 2 atom stereocenters. The van der Waals surface area contributed by atoms with Gasteiger partial charge in [0.2, 0.25) is 0 Å². The molecular formula is C13H18N4. The molecule has 0 amide bonds. The first-order valence-corrected chi connectivity index (χ1v) is 6.17. The number of nitrogens with one attached hydrogen (secondary N) is 1. The third-order valence-corrected chi connectivity index (χ3v) is 3.60. The fourth-order valence-corrected chi connectivity index (χ4v) is 2.30. The third-order valence-electron chi connectivity index (χ3n) is 3.60. The van der Waals surface area contributed by atoms with Gasteiger partial charge in [-0.2, -0.15) is 5.10 Å². The molecule has 90 valence electrons. The van der Waals surface area contributed by atoms with Gasteiger partial charge in [0.05, 0.1) is 5.69 Å². The van der Waals surface area contributed by atoms with Gasteiger partial charge in [-0.3, -0.25) is 4.68 Å². The van der Waals surface area contributed by atoms with Gasteiger partial charge in [-0.1, -0.05) is 6.92 Å². The van der Waals surface area contributed by atoms with Crippen molar-refractivity contribution in [2.75, 3.05) is 0 Å². The van der Waals surface area contributed by atoms with Crippen molar-refractivity contribution in [3.8, 4) is 0 Å². The Labute approximate surface area is 101 Å². The van der Waals surface area contributed by atoms with E-state index in [0.29, 0.717) is 6.04 Å². The van der Waals surface area contributed by atoms with Gasteiger partial charge in [-0.15, -0.1) is 0 Å². The molecule has 2 unspecified atom stereocenters. The Morgan fingerprint density at radius 2 is 2.29 bits per heavy atom. The number of hydrogen-bond acceptors (Lipinski definition) is 3. The summed E-state index contributed by atoms with van der Waals surface area (Å²) in [6, 6.07) is 2.91. The van der Waals surface area contributed by atoms with Crippen LogP contribution in [0.15, 0.2) is 12.3 Å². The quantitative estimate of drug-likeness (QED) is 0.874. The van der Waals surface area contributed by atoms with Crippen molar-refractivity contribution in [1.82, 2.24) is 20.1 Å². The number of aryl methyl sites for hydroxylation is 2. The lowest BCUT2D eigenvalue weighted by Gasteiger charge is -2.03. The summed E-state index contributed by atoms with van der Waals surface area (Å²) in [5.74, 6) is 0.840. The maximum absolute atomic E-state index is 4.48. The highest BCUT2D eigenvalue weighted by atomic mass is 15.3. The first-order valence-electron chi connectivity index (χ1n) is 6.17. The maximum Gasteiger partial charge on any atom is 0.157 e. The summed E-state index contributed by atoms with van der Waals surface area (Å²) < 4.78 is 1.84. The van der Waals surface area contributed by atoms with E-state index in [4.69, 9.17) is 0 Å². The molecule has 0 spiro atoms. The van der Waals surface area contributed by atoms with Gasteiger partial charge in [0.25, 0.3) is 0 Å². The second-order valence-corrected chi connectivity index (χ2v) is 5.12. The van der Waals surface area contributed by atoms with Crippen molar-refractivity contribution >= 4 is 11.0 Å². The van der Waals surface area contributed by atoms with Crippen LogP contribution in [0.25, 0.3) is 11.0 Å². The monoisotopic (exact) mass is 230 g/mol. The topological polar surface area (TPSA) is 42.7 Å². The maximum atomic E-state index is 4.48. The van der Waals surface area contributed by atoms with Crippen LogP contribution in [0.3, 0.4) is 0 Å². The van der Waals surface area contributed by atoms with E-state index in [1.54, 1.807) is 0 Å². The van der Waals surface area contributed by atoms with Crippen molar-refractivity contribution in [1.29, 1.82) is 0 Å². The Morgan fingerprint density at radius 3 is 3.00 bits per heavy atom. The number of pyridine rings is 1. The van der Waals surface area contributed by atoms with Crippen molar-refractivity contribution < 1.29 is 0 Å². The normalized spacial score (nSPS) is 23.2. The summed E-state index contributed by atoms with van der Waals surface area (Å²) >= 11 is 0. The number of rotatable bonds is 3. The highest BCUT2D eigenvalue weighted by molar-refractivity contribution is 5.78. The number of fused-ring (bicyclic) bond motifs is 1. The van der Waals surface area contributed by atoms with Gasteiger partial charge in [0.15, 0.2) is 5.65 Å². The van der Waals surface area contributed by atoms with Crippen LogP contribution in [0.1, 0.15) is 24.6 Å². The van der Waals surface area contributed by atoms with E-state index in [9.17, 15) is 0 Å². The Bertz CT molecular complexity index is 558. The van der Waals surface area contributed by atoms with Crippen LogP contribution in [-0.4, -0.2) is 20.8 Å².